The molecule has 4 heteroatoms. The van der Waals surface area contributed by atoms with Crippen LogP contribution in [0.1, 0.15) is 6.92 Å². The van der Waals surface area contributed by atoms with E-state index in [4.69, 9.17) is 4.52 Å². The van der Waals surface area contributed by atoms with Gasteiger partial charge in [0.15, 0.2) is 5.82 Å². The van der Waals surface area contributed by atoms with Crippen molar-refractivity contribution in [3.63, 3.8) is 0 Å². The molecular formula is C8H9FO2P+. The molecule has 0 radical (unpaired) electrons. The van der Waals surface area contributed by atoms with Crippen molar-refractivity contribution in [2.75, 3.05) is 6.61 Å². The molecule has 0 heterocycles. The molecule has 1 aromatic carbocycles. The van der Waals surface area contributed by atoms with Gasteiger partial charge < -0.3 is 0 Å². The van der Waals surface area contributed by atoms with Crippen LogP contribution >= 0.6 is 8.03 Å². The summed E-state index contributed by atoms with van der Waals surface area (Å²) in [6.07, 6.45) is 0. The monoisotopic (exact) mass is 187 g/mol. The summed E-state index contributed by atoms with van der Waals surface area (Å²) in [4.78, 5) is 0. The molecule has 1 aromatic rings. The van der Waals surface area contributed by atoms with Crippen molar-refractivity contribution in [2.45, 2.75) is 6.92 Å². The molecule has 0 spiro atoms. The minimum absolute atomic E-state index is 0.134. The fourth-order valence-electron chi connectivity index (χ4n) is 0.787. The normalized spacial score (nSPS) is 11.3. The third-order valence-corrected chi connectivity index (χ3v) is 2.54. The Morgan fingerprint density at radius 3 is 2.75 bits per heavy atom. The van der Waals surface area contributed by atoms with E-state index in [1.54, 1.807) is 19.1 Å². The molecule has 0 saturated heterocycles. The first-order valence-corrected chi connectivity index (χ1v) is 4.78. The van der Waals surface area contributed by atoms with Crippen molar-refractivity contribution < 1.29 is 13.5 Å². The molecule has 0 aromatic heterocycles. The highest BCUT2D eigenvalue weighted by molar-refractivity contribution is 7.48. The molecule has 0 aliphatic carbocycles. The summed E-state index contributed by atoms with van der Waals surface area (Å²) in [6, 6.07) is 5.91. The second-order valence-corrected chi connectivity index (χ2v) is 3.38. The Hall–Kier alpha value is -0.790. The van der Waals surface area contributed by atoms with Crippen LogP contribution in [0, 0.1) is 5.82 Å². The Labute approximate surface area is 71.2 Å². The van der Waals surface area contributed by atoms with Crippen LogP contribution in [0.25, 0.3) is 0 Å². The highest BCUT2D eigenvalue weighted by Gasteiger charge is 2.25. The van der Waals surface area contributed by atoms with Gasteiger partial charge in [0.1, 0.15) is 6.61 Å². The Balaban J connectivity index is 2.87. The number of rotatable bonds is 3. The van der Waals surface area contributed by atoms with E-state index in [1.165, 1.54) is 12.1 Å². The van der Waals surface area contributed by atoms with Gasteiger partial charge >= 0.3 is 8.03 Å². The summed E-state index contributed by atoms with van der Waals surface area (Å²) >= 11 is 0. The number of hydrogen-bond acceptors (Lipinski definition) is 2. The zero-order chi connectivity index (χ0) is 8.97. The van der Waals surface area contributed by atoms with Crippen molar-refractivity contribution in [3.8, 4) is 0 Å². The average molecular weight is 187 g/mol. The number of hydrogen-bond donors (Lipinski definition) is 0. The number of benzene rings is 1. The molecule has 0 aliphatic heterocycles. The van der Waals surface area contributed by atoms with Gasteiger partial charge in [0.25, 0.3) is 5.30 Å². The first kappa shape index (κ1) is 9.30. The molecule has 0 saturated carbocycles. The van der Waals surface area contributed by atoms with Crippen molar-refractivity contribution in [3.05, 3.63) is 30.1 Å². The zero-order valence-electron chi connectivity index (χ0n) is 6.66. The van der Waals surface area contributed by atoms with Gasteiger partial charge in [0.2, 0.25) is 0 Å². The molecule has 1 atom stereocenters. The Bertz CT molecular complexity index is 288. The van der Waals surface area contributed by atoms with E-state index in [1.807, 2.05) is 0 Å². The molecule has 2 nitrogen and oxygen atoms in total. The fourth-order valence-corrected chi connectivity index (χ4v) is 1.62. The standard InChI is InChI=1S/C8H9FO2P/c1-2-11-12(10)8-6-4-3-5-7(8)9/h3-6H,2H2,1H3/q+1. The summed E-state index contributed by atoms with van der Waals surface area (Å²) in [7, 11) is -2.02. The lowest BCUT2D eigenvalue weighted by atomic mass is 10.3. The molecule has 0 amide bonds. The van der Waals surface area contributed by atoms with Gasteiger partial charge in [-0.3, -0.25) is 0 Å². The molecule has 1 unspecified atom stereocenters. The van der Waals surface area contributed by atoms with E-state index < -0.39 is 13.8 Å². The van der Waals surface area contributed by atoms with Crippen LogP contribution in [0.3, 0.4) is 0 Å². The maximum absolute atomic E-state index is 12.9. The lowest BCUT2D eigenvalue weighted by Gasteiger charge is -1.87. The summed E-state index contributed by atoms with van der Waals surface area (Å²) < 4.78 is 28.8. The highest BCUT2D eigenvalue weighted by Crippen LogP contribution is 2.22. The van der Waals surface area contributed by atoms with Gasteiger partial charge in [0, 0.05) is 0 Å². The van der Waals surface area contributed by atoms with Crippen LogP contribution in [0.2, 0.25) is 0 Å². The van der Waals surface area contributed by atoms with Gasteiger partial charge in [-0.15, -0.1) is 4.52 Å². The Morgan fingerprint density at radius 1 is 1.50 bits per heavy atom. The Kier molecular flexibility index (Phi) is 3.32. The van der Waals surface area contributed by atoms with Gasteiger partial charge in [-0.1, -0.05) is 12.1 Å². The van der Waals surface area contributed by atoms with Crippen molar-refractivity contribution in [2.24, 2.45) is 0 Å². The topological polar surface area (TPSA) is 26.3 Å². The van der Waals surface area contributed by atoms with Gasteiger partial charge in [0.05, 0.1) is 0 Å². The quantitative estimate of drug-likeness (QED) is 0.678. The Morgan fingerprint density at radius 2 is 2.17 bits per heavy atom. The van der Waals surface area contributed by atoms with Gasteiger partial charge in [-0.2, -0.15) is 0 Å². The van der Waals surface area contributed by atoms with E-state index in [0.29, 0.717) is 6.61 Å². The molecule has 0 N–H and O–H groups in total. The summed E-state index contributed by atoms with van der Waals surface area (Å²) in [5.41, 5.74) is 0. The van der Waals surface area contributed by atoms with Gasteiger partial charge in [-0.25, -0.2) is 4.39 Å². The van der Waals surface area contributed by atoms with Gasteiger partial charge in [-0.05, 0) is 23.6 Å². The van der Waals surface area contributed by atoms with Crippen molar-refractivity contribution >= 4 is 13.3 Å². The van der Waals surface area contributed by atoms with Crippen LogP contribution in [0.4, 0.5) is 4.39 Å². The fraction of sp³-hybridized carbons (Fsp3) is 0.250. The number of halogens is 1. The van der Waals surface area contributed by atoms with E-state index in [-0.39, 0.29) is 5.30 Å². The molecule has 0 fully saturated rings. The molecule has 12 heavy (non-hydrogen) atoms. The first-order valence-electron chi connectivity index (χ1n) is 3.60. The smallest absolute Gasteiger partial charge is 0.202 e. The third kappa shape index (κ3) is 2.10. The second-order valence-electron chi connectivity index (χ2n) is 2.13. The van der Waals surface area contributed by atoms with Crippen LogP contribution in [0.5, 0.6) is 0 Å². The maximum Gasteiger partial charge on any atom is 0.551 e. The first-order chi connectivity index (χ1) is 5.75. The van der Waals surface area contributed by atoms with E-state index in [0.717, 1.165) is 0 Å². The second kappa shape index (κ2) is 4.29. The van der Waals surface area contributed by atoms with E-state index in [2.05, 4.69) is 0 Å². The van der Waals surface area contributed by atoms with Crippen LogP contribution in [-0.2, 0) is 9.09 Å². The lowest BCUT2D eigenvalue weighted by Crippen LogP contribution is -2.03. The molecule has 64 valence electrons. The van der Waals surface area contributed by atoms with Crippen LogP contribution in [-0.4, -0.2) is 6.61 Å². The van der Waals surface area contributed by atoms with Crippen molar-refractivity contribution in [1.29, 1.82) is 0 Å². The third-order valence-electron chi connectivity index (χ3n) is 1.30. The predicted octanol–water partition coefficient (Wildman–Crippen LogP) is 2.23. The van der Waals surface area contributed by atoms with E-state index in [9.17, 15) is 8.96 Å². The largest absolute Gasteiger partial charge is 0.551 e. The SMILES string of the molecule is CCO[P+](=O)c1ccccc1F. The zero-order valence-corrected chi connectivity index (χ0v) is 7.55. The highest BCUT2D eigenvalue weighted by atomic mass is 31.1. The lowest BCUT2D eigenvalue weighted by molar-refractivity contribution is 0.356. The van der Waals surface area contributed by atoms with Crippen LogP contribution < -0.4 is 5.30 Å². The molecule has 0 aliphatic rings. The minimum atomic E-state index is -2.02. The molecule has 0 bridgehead atoms. The minimum Gasteiger partial charge on any atom is -0.202 e. The summed E-state index contributed by atoms with van der Waals surface area (Å²) in [6.45, 7) is 2.04. The van der Waals surface area contributed by atoms with Crippen LogP contribution in [0.15, 0.2) is 24.3 Å². The summed E-state index contributed by atoms with van der Waals surface area (Å²) in [5, 5.41) is 0.134. The maximum atomic E-state index is 12.9. The molecular weight excluding hydrogens is 178 g/mol. The van der Waals surface area contributed by atoms with Crippen molar-refractivity contribution in [1.82, 2.24) is 0 Å². The predicted molar refractivity (Wildman–Crippen MR) is 45.3 cm³/mol. The average Bonchev–Trinajstić information content (AvgIpc) is 2.05. The summed E-state index contributed by atoms with van der Waals surface area (Å²) in [5.74, 6) is -0.480. The van der Waals surface area contributed by atoms with E-state index >= 15 is 0 Å². The molecule has 1 rings (SSSR count).